The number of rotatable bonds is 5. The van der Waals surface area contributed by atoms with Crippen LogP contribution in [0.3, 0.4) is 0 Å². The zero-order valence-corrected chi connectivity index (χ0v) is 16.0. The van der Waals surface area contributed by atoms with E-state index in [1.807, 2.05) is 0 Å². The van der Waals surface area contributed by atoms with Gasteiger partial charge in [-0.25, -0.2) is 8.42 Å². The van der Waals surface area contributed by atoms with Crippen LogP contribution in [0.1, 0.15) is 51.4 Å². The van der Waals surface area contributed by atoms with E-state index < -0.39 is 10.0 Å². The molecule has 0 radical (unpaired) electrons. The van der Waals surface area contributed by atoms with Gasteiger partial charge in [0.05, 0.1) is 4.90 Å². The summed E-state index contributed by atoms with van der Waals surface area (Å²) in [6.07, 6.45) is 8.56. The number of piperidine rings is 1. The zero-order chi connectivity index (χ0) is 18.1. The Morgan fingerprint density at radius 3 is 2.62 bits per heavy atom. The van der Waals surface area contributed by atoms with Crippen LogP contribution >= 0.6 is 0 Å². The van der Waals surface area contributed by atoms with Crippen molar-refractivity contribution in [2.75, 3.05) is 18.4 Å². The van der Waals surface area contributed by atoms with Crippen LogP contribution in [0, 0.1) is 17.8 Å². The van der Waals surface area contributed by atoms with Gasteiger partial charge in [0.1, 0.15) is 0 Å². The average Bonchev–Trinajstić information content (AvgIpc) is 3.25. The second kappa shape index (κ2) is 7.31. The van der Waals surface area contributed by atoms with E-state index >= 15 is 0 Å². The first-order chi connectivity index (χ1) is 12.5. The van der Waals surface area contributed by atoms with Crippen LogP contribution in [0.5, 0.6) is 0 Å². The van der Waals surface area contributed by atoms with Crippen molar-refractivity contribution < 1.29 is 13.2 Å². The summed E-state index contributed by atoms with van der Waals surface area (Å²) in [6.45, 7) is 1.17. The number of amides is 1. The van der Waals surface area contributed by atoms with Gasteiger partial charge in [0.2, 0.25) is 15.9 Å². The molecule has 1 heterocycles. The van der Waals surface area contributed by atoms with Gasteiger partial charge in [-0.15, -0.1) is 0 Å². The molecule has 1 aromatic carbocycles. The van der Waals surface area contributed by atoms with E-state index in [4.69, 9.17) is 0 Å². The zero-order valence-electron chi connectivity index (χ0n) is 15.2. The van der Waals surface area contributed by atoms with Crippen molar-refractivity contribution in [1.29, 1.82) is 0 Å². The van der Waals surface area contributed by atoms with Gasteiger partial charge in [-0.1, -0.05) is 18.9 Å². The molecule has 6 heteroatoms. The predicted molar refractivity (Wildman–Crippen MR) is 101 cm³/mol. The van der Waals surface area contributed by atoms with E-state index in [0.29, 0.717) is 31.1 Å². The minimum Gasteiger partial charge on any atom is -0.326 e. The number of sulfonamides is 1. The fraction of sp³-hybridized carbons (Fsp3) is 0.650. The molecule has 3 fully saturated rings. The van der Waals surface area contributed by atoms with Gasteiger partial charge < -0.3 is 5.32 Å². The van der Waals surface area contributed by atoms with Crippen molar-refractivity contribution in [3.63, 3.8) is 0 Å². The molecule has 3 aliphatic rings. The van der Waals surface area contributed by atoms with Gasteiger partial charge in [-0.3, -0.25) is 4.79 Å². The number of carbonyl (C=O) groups excluding carboxylic acids is 1. The third-order valence-electron chi connectivity index (χ3n) is 6.40. The summed E-state index contributed by atoms with van der Waals surface area (Å²) >= 11 is 0. The Labute approximate surface area is 156 Å². The Hall–Kier alpha value is -1.40. The van der Waals surface area contributed by atoms with Gasteiger partial charge in [-0.05, 0) is 68.1 Å². The molecular weight excluding hydrogens is 348 g/mol. The molecule has 2 aliphatic carbocycles. The highest BCUT2D eigenvalue weighted by Gasteiger charge is 2.40. The smallest absolute Gasteiger partial charge is 0.243 e. The van der Waals surface area contributed by atoms with Crippen molar-refractivity contribution in [1.82, 2.24) is 4.31 Å². The minimum absolute atomic E-state index is 0.00932. The highest BCUT2D eigenvalue weighted by molar-refractivity contribution is 7.89. The molecule has 1 aromatic rings. The number of hydrogen-bond acceptors (Lipinski definition) is 3. The van der Waals surface area contributed by atoms with Crippen LogP contribution < -0.4 is 5.32 Å². The standard InChI is InChI=1S/C20H28N2O3S/c23-20(13-17-12-15-7-8-16(17)11-15)21-18-5-4-6-19(14-18)26(24,25)22-9-2-1-3-10-22/h4-6,14-17H,1-3,7-13H2,(H,21,23)/t15-,16-,17-/m1/s1. The van der Waals surface area contributed by atoms with E-state index in [0.717, 1.165) is 31.1 Å². The Balaban J connectivity index is 1.41. The molecule has 1 saturated heterocycles. The average molecular weight is 377 g/mol. The van der Waals surface area contributed by atoms with Crippen molar-refractivity contribution in [3.8, 4) is 0 Å². The lowest BCUT2D eigenvalue weighted by Gasteiger charge is -2.26. The van der Waals surface area contributed by atoms with E-state index in [-0.39, 0.29) is 10.8 Å². The first kappa shape index (κ1) is 18.0. The quantitative estimate of drug-likeness (QED) is 0.853. The van der Waals surface area contributed by atoms with Crippen molar-refractivity contribution in [3.05, 3.63) is 24.3 Å². The third kappa shape index (κ3) is 3.67. The largest absolute Gasteiger partial charge is 0.326 e. The lowest BCUT2D eigenvalue weighted by Crippen LogP contribution is -2.35. The van der Waals surface area contributed by atoms with Gasteiger partial charge in [-0.2, -0.15) is 4.31 Å². The number of anilines is 1. The van der Waals surface area contributed by atoms with E-state index in [1.54, 1.807) is 28.6 Å². The van der Waals surface area contributed by atoms with E-state index in [2.05, 4.69) is 5.32 Å². The van der Waals surface area contributed by atoms with Crippen LogP contribution in [0.4, 0.5) is 5.69 Å². The number of nitrogens with one attached hydrogen (secondary N) is 1. The topological polar surface area (TPSA) is 66.5 Å². The molecule has 0 aromatic heterocycles. The molecule has 3 atom stereocenters. The first-order valence-electron chi connectivity index (χ1n) is 9.92. The maximum atomic E-state index is 12.8. The molecule has 2 saturated carbocycles. The van der Waals surface area contributed by atoms with E-state index in [9.17, 15) is 13.2 Å². The highest BCUT2D eigenvalue weighted by atomic mass is 32.2. The molecule has 4 rings (SSSR count). The monoisotopic (exact) mass is 376 g/mol. The summed E-state index contributed by atoms with van der Waals surface area (Å²) in [6, 6.07) is 6.70. The van der Waals surface area contributed by atoms with Crippen LogP contribution in [0.25, 0.3) is 0 Å². The molecule has 1 aliphatic heterocycles. The van der Waals surface area contributed by atoms with Crippen LogP contribution in [-0.2, 0) is 14.8 Å². The number of hydrogen-bond donors (Lipinski definition) is 1. The van der Waals surface area contributed by atoms with Crippen LogP contribution in [-0.4, -0.2) is 31.7 Å². The van der Waals surface area contributed by atoms with Crippen LogP contribution in [0.15, 0.2) is 29.2 Å². The van der Waals surface area contributed by atoms with Gasteiger partial charge in [0, 0.05) is 25.2 Å². The predicted octanol–water partition coefficient (Wildman–Crippen LogP) is 3.63. The molecule has 5 nitrogen and oxygen atoms in total. The van der Waals surface area contributed by atoms with Crippen LogP contribution in [0.2, 0.25) is 0 Å². The molecule has 26 heavy (non-hydrogen) atoms. The lowest BCUT2D eigenvalue weighted by atomic mass is 9.86. The molecule has 1 amide bonds. The Morgan fingerprint density at radius 2 is 1.92 bits per heavy atom. The molecule has 1 N–H and O–H groups in total. The fourth-order valence-electron chi connectivity index (χ4n) is 5.07. The summed E-state index contributed by atoms with van der Waals surface area (Å²) < 4.78 is 27.2. The van der Waals surface area contributed by atoms with Crippen molar-refractivity contribution in [2.24, 2.45) is 17.8 Å². The number of carbonyl (C=O) groups is 1. The fourth-order valence-corrected chi connectivity index (χ4v) is 6.63. The van der Waals surface area contributed by atoms with Gasteiger partial charge in [0.15, 0.2) is 0 Å². The Bertz CT molecular complexity index is 771. The summed E-state index contributed by atoms with van der Waals surface area (Å²) in [5, 5.41) is 2.92. The summed E-state index contributed by atoms with van der Waals surface area (Å²) in [5.74, 6) is 2.07. The van der Waals surface area contributed by atoms with Gasteiger partial charge in [0.25, 0.3) is 0 Å². The molecule has 0 unspecified atom stereocenters. The summed E-state index contributed by atoms with van der Waals surface area (Å²) in [7, 11) is -3.47. The second-order valence-electron chi connectivity index (χ2n) is 8.18. The first-order valence-corrected chi connectivity index (χ1v) is 11.4. The maximum Gasteiger partial charge on any atom is 0.243 e. The maximum absolute atomic E-state index is 12.8. The molecule has 2 bridgehead atoms. The third-order valence-corrected chi connectivity index (χ3v) is 8.30. The molecule has 0 spiro atoms. The number of benzene rings is 1. The number of nitrogens with zero attached hydrogens (tertiary/aromatic N) is 1. The normalized spacial score (nSPS) is 29.0. The van der Waals surface area contributed by atoms with E-state index in [1.165, 1.54) is 25.7 Å². The minimum atomic E-state index is -3.47. The summed E-state index contributed by atoms with van der Waals surface area (Å²) in [4.78, 5) is 12.7. The Morgan fingerprint density at radius 1 is 1.12 bits per heavy atom. The van der Waals surface area contributed by atoms with Crippen molar-refractivity contribution >= 4 is 21.6 Å². The highest BCUT2D eigenvalue weighted by Crippen LogP contribution is 2.49. The lowest BCUT2D eigenvalue weighted by molar-refractivity contribution is -0.117. The molecule has 142 valence electrons. The second-order valence-corrected chi connectivity index (χ2v) is 10.1. The summed E-state index contributed by atoms with van der Waals surface area (Å²) in [5.41, 5.74) is 0.580. The Kier molecular flexibility index (Phi) is 5.06. The molecular formula is C20H28N2O3S. The van der Waals surface area contributed by atoms with Crippen molar-refractivity contribution in [2.45, 2.75) is 56.3 Å². The number of fused-ring (bicyclic) bond motifs is 2. The van der Waals surface area contributed by atoms with Gasteiger partial charge >= 0.3 is 0 Å². The SMILES string of the molecule is O=C(C[C@H]1C[C@@H]2CC[C@@H]1C2)Nc1cccc(S(=O)(=O)N2CCCCC2)c1.